The summed E-state index contributed by atoms with van der Waals surface area (Å²) in [5.41, 5.74) is 7.62. The van der Waals surface area contributed by atoms with Crippen molar-refractivity contribution in [3.8, 4) is 0 Å². The fourth-order valence-corrected chi connectivity index (χ4v) is 1.52. The molecule has 0 amide bonds. The van der Waals surface area contributed by atoms with E-state index in [2.05, 4.69) is 0 Å². The Kier molecular flexibility index (Phi) is 2.62. The van der Waals surface area contributed by atoms with Crippen LogP contribution in [0.5, 0.6) is 0 Å². The molecule has 0 radical (unpaired) electrons. The summed E-state index contributed by atoms with van der Waals surface area (Å²) < 4.78 is 5.19. The van der Waals surface area contributed by atoms with E-state index in [1.165, 1.54) is 12.8 Å². The molecule has 3 heteroatoms. The smallest absolute Gasteiger partial charge is 0.340 e. The molecule has 1 aliphatic rings. The molecule has 1 aromatic rings. The van der Waals surface area contributed by atoms with E-state index in [4.69, 9.17) is 10.5 Å². The minimum absolute atomic E-state index is 0.294. The van der Waals surface area contributed by atoms with Crippen molar-refractivity contribution < 1.29 is 9.53 Å². The average Bonchev–Trinajstić information content (AvgIpc) is 2.97. The molecule has 0 saturated heterocycles. The summed E-state index contributed by atoms with van der Waals surface area (Å²) in [5, 5.41) is 0. The van der Waals surface area contributed by atoms with Gasteiger partial charge in [-0.3, -0.25) is 0 Å². The third kappa shape index (κ3) is 2.29. The number of esters is 1. The highest BCUT2D eigenvalue weighted by Gasteiger charge is 2.24. The fourth-order valence-electron chi connectivity index (χ4n) is 1.52. The number of carbonyl (C=O) groups excluding carboxylic acids is 1. The highest BCUT2D eigenvalue weighted by atomic mass is 16.5. The molecule has 1 aromatic carbocycles. The van der Waals surface area contributed by atoms with Crippen molar-refractivity contribution in [2.75, 3.05) is 12.3 Å². The van der Waals surface area contributed by atoms with Crippen LogP contribution < -0.4 is 5.73 Å². The van der Waals surface area contributed by atoms with Crippen LogP contribution in [0.3, 0.4) is 0 Å². The molecule has 0 unspecified atom stereocenters. The lowest BCUT2D eigenvalue weighted by Crippen LogP contribution is -2.11. The molecule has 0 heterocycles. The van der Waals surface area contributed by atoms with Crippen LogP contribution in [-0.4, -0.2) is 12.6 Å². The second kappa shape index (κ2) is 3.93. The molecule has 0 bridgehead atoms. The second-order valence-corrected chi connectivity index (χ2v) is 4.08. The van der Waals surface area contributed by atoms with Crippen LogP contribution in [0.15, 0.2) is 18.2 Å². The van der Waals surface area contributed by atoms with Crippen LogP contribution in [-0.2, 0) is 4.74 Å². The third-order valence-electron chi connectivity index (χ3n) is 2.66. The van der Waals surface area contributed by atoms with E-state index in [0.717, 1.165) is 5.56 Å². The van der Waals surface area contributed by atoms with Crippen LogP contribution in [0.25, 0.3) is 0 Å². The van der Waals surface area contributed by atoms with Gasteiger partial charge in [-0.2, -0.15) is 0 Å². The van der Waals surface area contributed by atoms with Crippen molar-refractivity contribution in [3.05, 3.63) is 29.3 Å². The molecule has 0 aliphatic heterocycles. The molecule has 1 saturated carbocycles. The van der Waals surface area contributed by atoms with Gasteiger partial charge in [-0.1, -0.05) is 12.1 Å². The quantitative estimate of drug-likeness (QED) is 0.607. The molecule has 3 nitrogen and oxygen atoms in total. The van der Waals surface area contributed by atoms with Crippen LogP contribution in [0.2, 0.25) is 0 Å². The van der Waals surface area contributed by atoms with Crippen molar-refractivity contribution in [2.45, 2.75) is 19.8 Å². The predicted octanol–water partition coefficient (Wildman–Crippen LogP) is 2.14. The number of benzene rings is 1. The molecule has 2 rings (SSSR count). The standard InChI is InChI=1S/C12H15NO2/c1-8-3-2-4-10(13)11(8)12(14)15-7-9-5-6-9/h2-4,9H,5-7,13H2,1H3. The summed E-state index contributed by atoms with van der Waals surface area (Å²) in [6.45, 7) is 2.40. The molecular formula is C12H15NO2. The number of carbonyl (C=O) groups is 1. The maximum absolute atomic E-state index is 11.7. The Morgan fingerprint density at radius 3 is 2.87 bits per heavy atom. The molecule has 1 aliphatic carbocycles. The summed E-state index contributed by atoms with van der Waals surface area (Å²) in [5.74, 6) is 0.289. The number of hydrogen-bond acceptors (Lipinski definition) is 3. The van der Waals surface area contributed by atoms with Gasteiger partial charge >= 0.3 is 5.97 Å². The van der Waals surface area contributed by atoms with E-state index in [1.807, 2.05) is 19.1 Å². The minimum Gasteiger partial charge on any atom is -0.462 e. The molecule has 0 aromatic heterocycles. The predicted molar refractivity (Wildman–Crippen MR) is 58.6 cm³/mol. The first-order valence-electron chi connectivity index (χ1n) is 5.20. The van der Waals surface area contributed by atoms with Gasteiger partial charge < -0.3 is 10.5 Å². The number of anilines is 1. The number of ether oxygens (including phenoxy) is 1. The maximum atomic E-state index is 11.7. The van der Waals surface area contributed by atoms with Crippen molar-refractivity contribution in [3.63, 3.8) is 0 Å². The van der Waals surface area contributed by atoms with Gasteiger partial charge in [0.25, 0.3) is 0 Å². The average molecular weight is 205 g/mol. The molecule has 80 valence electrons. The lowest BCUT2D eigenvalue weighted by Gasteiger charge is -2.08. The molecule has 1 fully saturated rings. The largest absolute Gasteiger partial charge is 0.462 e. The Bertz CT molecular complexity index is 363. The summed E-state index contributed by atoms with van der Waals surface area (Å²) in [6.07, 6.45) is 2.35. The fraction of sp³-hybridized carbons (Fsp3) is 0.417. The van der Waals surface area contributed by atoms with Crippen molar-refractivity contribution in [1.29, 1.82) is 0 Å². The molecule has 2 N–H and O–H groups in total. The number of hydrogen-bond donors (Lipinski definition) is 1. The lowest BCUT2D eigenvalue weighted by atomic mass is 10.1. The molecular weight excluding hydrogens is 190 g/mol. The zero-order chi connectivity index (χ0) is 10.8. The Morgan fingerprint density at radius 1 is 1.53 bits per heavy atom. The number of nitrogens with two attached hydrogens (primary N) is 1. The first kappa shape index (κ1) is 10.0. The van der Waals surface area contributed by atoms with Crippen LogP contribution in [0.1, 0.15) is 28.8 Å². The number of aryl methyl sites for hydroxylation is 1. The van der Waals surface area contributed by atoms with Gasteiger partial charge in [-0.25, -0.2) is 4.79 Å². The topological polar surface area (TPSA) is 52.3 Å². The highest BCUT2D eigenvalue weighted by Crippen LogP contribution is 2.29. The number of nitrogen functional groups attached to an aromatic ring is 1. The third-order valence-corrected chi connectivity index (χ3v) is 2.66. The van der Waals surface area contributed by atoms with E-state index in [0.29, 0.717) is 23.8 Å². The lowest BCUT2D eigenvalue weighted by molar-refractivity contribution is 0.0486. The summed E-state index contributed by atoms with van der Waals surface area (Å²) in [6, 6.07) is 5.42. The summed E-state index contributed by atoms with van der Waals surface area (Å²) in [4.78, 5) is 11.7. The minimum atomic E-state index is -0.294. The highest BCUT2D eigenvalue weighted by molar-refractivity contribution is 5.96. The van der Waals surface area contributed by atoms with E-state index in [9.17, 15) is 4.79 Å². The Labute approximate surface area is 89.2 Å². The van der Waals surface area contributed by atoms with Crippen molar-refractivity contribution in [2.24, 2.45) is 5.92 Å². The van der Waals surface area contributed by atoms with Gasteiger partial charge in [0.15, 0.2) is 0 Å². The van der Waals surface area contributed by atoms with Gasteiger partial charge in [0.2, 0.25) is 0 Å². The van der Waals surface area contributed by atoms with Gasteiger partial charge in [0.05, 0.1) is 12.2 Å². The molecule has 0 atom stereocenters. The monoisotopic (exact) mass is 205 g/mol. The Morgan fingerprint density at radius 2 is 2.27 bits per heavy atom. The number of rotatable bonds is 3. The van der Waals surface area contributed by atoms with Crippen LogP contribution in [0, 0.1) is 12.8 Å². The first-order chi connectivity index (χ1) is 7.18. The van der Waals surface area contributed by atoms with Crippen LogP contribution >= 0.6 is 0 Å². The van der Waals surface area contributed by atoms with Crippen molar-refractivity contribution >= 4 is 11.7 Å². The Hall–Kier alpha value is -1.51. The molecule has 15 heavy (non-hydrogen) atoms. The second-order valence-electron chi connectivity index (χ2n) is 4.08. The summed E-state index contributed by atoms with van der Waals surface area (Å²) in [7, 11) is 0. The van der Waals surface area contributed by atoms with Gasteiger partial charge in [0, 0.05) is 5.69 Å². The van der Waals surface area contributed by atoms with Gasteiger partial charge in [-0.05, 0) is 37.3 Å². The van der Waals surface area contributed by atoms with E-state index in [1.54, 1.807) is 6.07 Å². The van der Waals surface area contributed by atoms with E-state index >= 15 is 0 Å². The van der Waals surface area contributed by atoms with Gasteiger partial charge in [0.1, 0.15) is 0 Å². The first-order valence-corrected chi connectivity index (χ1v) is 5.20. The van der Waals surface area contributed by atoms with Crippen molar-refractivity contribution in [1.82, 2.24) is 0 Å². The zero-order valence-corrected chi connectivity index (χ0v) is 8.82. The molecule has 0 spiro atoms. The zero-order valence-electron chi connectivity index (χ0n) is 8.82. The van der Waals surface area contributed by atoms with E-state index < -0.39 is 0 Å². The normalized spacial score (nSPS) is 15.0. The van der Waals surface area contributed by atoms with Gasteiger partial charge in [-0.15, -0.1) is 0 Å². The van der Waals surface area contributed by atoms with Crippen LogP contribution in [0.4, 0.5) is 5.69 Å². The summed E-state index contributed by atoms with van der Waals surface area (Å²) >= 11 is 0. The maximum Gasteiger partial charge on any atom is 0.340 e. The SMILES string of the molecule is Cc1cccc(N)c1C(=O)OCC1CC1. The van der Waals surface area contributed by atoms with E-state index in [-0.39, 0.29) is 5.97 Å². The Balaban J connectivity index is 2.09.